The van der Waals surface area contributed by atoms with Gasteiger partial charge in [-0.15, -0.1) is 0 Å². The van der Waals surface area contributed by atoms with Gasteiger partial charge >= 0.3 is 0 Å². The Bertz CT molecular complexity index is 1350. The summed E-state index contributed by atoms with van der Waals surface area (Å²) < 4.78 is 6.90. The Morgan fingerprint density at radius 2 is 1.97 bits per heavy atom. The van der Waals surface area contributed by atoms with Gasteiger partial charge in [-0.2, -0.15) is 0 Å². The third kappa shape index (κ3) is 5.50. The van der Waals surface area contributed by atoms with E-state index in [9.17, 15) is 9.59 Å². The summed E-state index contributed by atoms with van der Waals surface area (Å²) in [5.74, 6) is 0.109. The number of methoxy groups -OCH3 is 1. The van der Waals surface area contributed by atoms with E-state index < -0.39 is 0 Å². The number of aryl methyl sites for hydroxylation is 1. The fraction of sp³-hybridized carbons (Fsp3) is 0.231. The summed E-state index contributed by atoms with van der Waals surface area (Å²) >= 11 is 6.25. The van der Waals surface area contributed by atoms with Crippen LogP contribution in [0.5, 0.6) is 0 Å². The number of benzene rings is 2. The maximum Gasteiger partial charge on any atom is 0.253 e. The molecule has 0 aliphatic carbocycles. The highest BCUT2D eigenvalue weighted by Gasteiger charge is 2.21. The highest BCUT2D eigenvalue weighted by molar-refractivity contribution is 6.31. The van der Waals surface area contributed by atoms with Crippen molar-refractivity contribution >= 4 is 40.1 Å². The number of fused-ring (bicyclic) bond motifs is 1. The first kappa shape index (κ1) is 24.4. The number of nitrogens with one attached hydrogen (secondary N) is 2. The van der Waals surface area contributed by atoms with Crippen LogP contribution in [-0.2, 0) is 22.5 Å². The van der Waals surface area contributed by atoms with Crippen molar-refractivity contribution in [1.82, 2.24) is 19.9 Å². The number of hydrogen-bond donors (Lipinski definition) is 2. The third-order valence-corrected chi connectivity index (χ3v) is 5.89. The van der Waals surface area contributed by atoms with Crippen molar-refractivity contribution < 1.29 is 14.3 Å². The number of carbonyl (C=O) groups is 2. The quantitative estimate of drug-likeness (QED) is 0.363. The van der Waals surface area contributed by atoms with E-state index in [1.165, 1.54) is 7.11 Å². The number of ether oxygens (including phenoxy) is 1. The molecule has 2 heterocycles. The van der Waals surface area contributed by atoms with Crippen molar-refractivity contribution in [3.63, 3.8) is 0 Å². The molecule has 8 nitrogen and oxygen atoms in total. The van der Waals surface area contributed by atoms with Crippen LogP contribution in [0.25, 0.3) is 22.4 Å². The molecule has 0 spiro atoms. The molecular weight excluding hydrogens is 466 g/mol. The van der Waals surface area contributed by atoms with Gasteiger partial charge in [-0.3, -0.25) is 14.6 Å². The average molecular weight is 492 g/mol. The van der Waals surface area contributed by atoms with Gasteiger partial charge in [0.05, 0.1) is 16.6 Å². The molecule has 2 amide bonds. The molecule has 9 heteroatoms. The van der Waals surface area contributed by atoms with Crippen LogP contribution in [0.4, 0.5) is 5.69 Å². The van der Waals surface area contributed by atoms with Gasteiger partial charge < -0.3 is 19.9 Å². The van der Waals surface area contributed by atoms with Gasteiger partial charge in [0.25, 0.3) is 5.91 Å². The molecule has 0 aliphatic rings. The number of imidazole rings is 1. The van der Waals surface area contributed by atoms with E-state index in [1.54, 1.807) is 24.5 Å². The number of amides is 2. The van der Waals surface area contributed by atoms with Crippen LogP contribution in [-0.4, -0.2) is 46.6 Å². The van der Waals surface area contributed by atoms with Gasteiger partial charge in [0.1, 0.15) is 12.4 Å². The van der Waals surface area contributed by atoms with Crippen LogP contribution in [0, 0.1) is 0 Å². The van der Waals surface area contributed by atoms with Crippen LogP contribution in [0.1, 0.15) is 22.8 Å². The summed E-state index contributed by atoms with van der Waals surface area (Å²) in [7, 11) is 1.45. The predicted molar refractivity (Wildman–Crippen MR) is 137 cm³/mol. The van der Waals surface area contributed by atoms with Crippen molar-refractivity contribution in [3.8, 4) is 11.4 Å². The molecule has 4 rings (SSSR count). The minimum atomic E-state index is -0.320. The normalized spacial score (nSPS) is 10.9. The number of pyridine rings is 1. The molecule has 0 radical (unpaired) electrons. The smallest absolute Gasteiger partial charge is 0.253 e. The van der Waals surface area contributed by atoms with E-state index in [2.05, 4.69) is 15.6 Å². The molecule has 2 N–H and O–H groups in total. The monoisotopic (exact) mass is 491 g/mol. The number of nitrogens with zero attached hydrogens (tertiary/aromatic N) is 3. The van der Waals surface area contributed by atoms with Crippen LogP contribution in [0.2, 0.25) is 5.02 Å². The Balaban J connectivity index is 1.72. The topological polar surface area (TPSA) is 98.1 Å². The third-order valence-electron chi connectivity index (χ3n) is 5.52. The first-order chi connectivity index (χ1) is 17.0. The first-order valence-corrected chi connectivity index (χ1v) is 11.6. The number of rotatable bonds is 9. The number of anilines is 1. The molecule has 4 aromatic rings. The van der Waals surface area contributed by atoms with Crippen LogP contribution < -0.4 is 10.6 Å². The Morgan fingerprint density at radius 1 is 1.14 bits per heavy atom. The van der Waals surface area contributed by atoms with E-state index in [4.69, 9.17) is 21.3 Å². The van der Waals surface area contributed by atoms with E-state index in [0.29, 0.717) is 52.6 Å². The fourth-order valence-electron chi connectivity index (χ4n) is 3.97. The van der Waals surface area contributed by atoms with E-state index >= 15 is 0 Å². The summed E-state index contributed by atoms with van der Waals surface area (Å²) in [5, 5.41) is 6.43. The zero-order chi connectivity index (χ0) is 24.8. The molecule has 0 atom stereocenters. The van der Waals surface area contributed by atoms with Gasteiger partial charge in [0.2, 0.25) is 5.91 Å². The van der Waals surface area contributed by atoms with Gasteiger partial charge in [0, 0.05) is 48.9 Å². The maximum absolute atomic E-state index is 13.4. The lowest BCUT2D eigenvalue weighted by atomic mass is 10.1. The molecule has 0 saturated heterocycles. The lowest BCUT2D eigenvalue weighted by molar-refractivity contribution is -0.119. The predicted octanol–water partition coefficient (Wildman–Crippen LogP) is 4.33. The molecule has 0 fully saturated rings. The summed E-state index contributed by atoms with van der Waals surface area (Å²) in [6.45, 7) is 2.89. The second-order valence-electron chi connectivity index (χ2n) is 7.89. The minimum absolute atomic E-state index is 0.0955. The number of hydrogen-bond acceptors (Lipinski definition) is 5. The van der Waals surface area contributed by atoms with Gasteiger partial charge in [-0.25, -0.2) is 4.98 Å². The minimum Gasteiger partial charge on any atom is -0.375 e. The number of halogens is 1. The molecule has 0 saturated carbocycles. The highest BCUT2D eigenvalue weighted by atomic mass is 35.5. The summed E-state index contributed by atoms with van der Waals surface area (Å²) in [6.07, 6.45) is 4.02. The van der Waals surface area contributed by atoms with Crippen molar-refractivity contribution in [2.75, 3.05) is 25.6 Å². The Kier molecular flexibility index (Phi) is 7.74. The lowest BCUT2D eigenvalue weighted by Crippen LogP contribution is -2.27. The van der Waals surface area contributed by atoms with Crippen molar-refractivity contribution in [2.24, 2.45) is 0 Å². The van der Waals surface area contributed by atoms with Crippen molar-refractivity contribution in [1.29, 1.82) is 0 Å². The zero-order valence-electron chi connectivity index (χ0n) is 19.5. The SMILES string of the molecule is CCn1c(-c2cccnc2)nc2cc(NC(=O)COC)cc(C(=O)NCCc3ccccc3Cl)c21. The molecular formula is C26H26ClN5O3. The standard InChI is InChI=1S/C26H26ClN5O3/c1-3-32-24-20(26(34)29-12-10-17-7-4-5-9-21(17)27)13-19(30-23(33)16-35-2)14-22(24)31-25(32)18-8-6-11-28-15-18/h4-9,11,13-15H,3,10,12,16H2,1-2H3,(H,29,34)(H,30,33). The molecule has 0 aliphatic heterocycles. The summed E-state index contributed by atoms with van der Waals surface area (Å²) in [4.78, 5) is 34.5. The Morgan fingerprint density at radius 3 is 2.69 bits per heavy atom. The lowest BCUT2D eigenvalue weighted by Gasteiger charge is -2.13. The molecule has 35 heavy (non-hydrogen) atoms. The number of carbonyl (C=O) groups excluding carboxylic acids is 2. The largest absolute Gasteiger partial charge is 0.375 e. The van der Waals surface area contributed by atoms with Gasteiger partial charge in [-0.05, 0) is 49.2 Å². The molecule has 180 valence electrons. The van der Waals surface area contributed by atoms with E-state index in [-0.39, 0.29) is 18.4 Å². The second kappa shape index (κ2) is 11.1. The first-order valence-electron chi connectivity index (χ1n) is 11.3. The van der Waals surface area contributed by atoms with Gasteiger partial charge in [-0.1, -0.05) is 29.8 Å². The number of aromatic nitrogens is 3. The zero-order valence-corrected chi connectivity index (χ0v) is 20.3. The second-order valence-corrected chi connectivity index (χ2v) is 8.30. The fourth-order valence-corrected chi connectivity index (χ4v) is 4.20. The van der Waals surface area contributed by atoms with Crippen molar-refractivity contribution in [2.45, 2.75) is 19.9 Å². The Hall–Kier alpha value is -3.75. The Labute approximate surface area is 208 Å². The molecule has 0 bridgehead atoms. The van der Waals surface area contributed by atoms with E-state index in [0.717, 1.165) is 11.1 Å². The average Bonchev–Trinajstić information content (AvgIpc) is 3.24. The van der Waals surface area contributed by atoms with Crippen LogP contribution in [0.15, 0.2) is 60.9 Å². The maximum atomic E-state index is 13.4. The van der Waals surface area contributed by atoms with Crippen LogP contribution in [0.3, 0.4) is 0 Å². The van der Waals surface area contributed by atoms with Crippen LogP contribution >= 0.6 is 11.6 Å². The summed E-state index contributed by atoms with van der Waals surface area (Å²) in [5.41, 5.74) is 3.95. The molecule has 2 aromatic heterocycles. The molecule has 0 unspecified atom stereocenters. The summed E-state index contributed by atoms with van der Waals surface area (Å²) in [6, 6.07) is 14.7. The van der Waals surface area contributed by atoms with E-state index in [1.807, 2.05) is 47.9 Å². The van der Waals surface area contributed by atoms with Gasteiger partial charge in [0.15, 0.2) is 0 Å². The van der Waals surface area contributed by atoms with Crippen molar-refractivity contribution in [3.05, 3.63) is 77.1 Å². The molecule has 2 aromatic carbocycles. The highest BCUT2D eigenvalue weighted by Crippen LogP contribution is 2.30.